The largest absolute Gasteiger partial charge is 2.00 e. The normalized spacial score (nSPS) is 7.27. The van der Waals surface area contributed by atoms with Crippen LogP contribution in [0.3, 0.4) is 0 Å². The molecule has 0 heterocycles. The Balaban J connectivity index is 0. The summed E-state index contributed by atoms with van der Waals surface area (Å²) in [6.07, 6.45) is 0. The molecule has 0 N–H and O–H groups in total. The number of rotatable bonds is 0. The van der Waals surface area contributed by atoms with E-state index in [0.717, 1.165) is 0 Å². The van der Waals surface area contributed by atoms with Gasteiger partial charge in [0.05, 0.1) is 0 Å². The second kappa shape index (κ2) is 11.8. The van der Waals surface area contributed by atoms with Crippen molar-refractivity contribution in [3.05, 3.63) is 79.7 Å². The fraction of sp³-hybridized carbons (Fsp3) is 0.0714. The molecule has 2 aromatic carbocycles. The maximum Gasteiger partial charge on any atom is 2.00 e. The molecule has 0 aliphatic carbocycles. The van der Waals surface area contributed by atoms with Gasteiger partial charge >= 0.3 is 37.7 Å². The summed E-state index contributed by atoms with van der Waals surface area (Å²) in [6, 6.07) is 23.4. The molecule has 0 aliphatic rings. The van der Waals surface area contributed by atoms with E-state index in [9.17, 15) is 0 Å². The fourth-order valence-electron chi connectivity index (χ4n) is 0.825. The number of benzene rings is 2. The average Bonchev–Trinajstić information content (AvgIpc) is 2.22. The molecule has 0 spiro atoms. The van der Waals surface area contributed by atoms with Gasteiger partial charge in [-0.25, -0.2) is 0 Å². The van der Waals surface area contributed by atoms with E-state index in [4.69, 9.17) is 0 Å². The van der Waals surface area contributed by atoms with Gasteiger partial charge in [-0.3, -0.25) is 0 Å². The Hall–Kier alpha value is -0.300. The van der Waals surface area contributed by atoms with Crippen LogP contribution >= 0.6 is 0 Å². The van der Waals surface area contributed by atoms with Crippen molar-refractivity contribution in [2.75, 3.05) is 0 Å². The van der Waals surface area contributed by atoms with Crippen LogP contribution in [0.25, 0.3) is 0 Å². The van der Waals surface area contributed by atoms with Crippen molar-refractivity contribution < 1.29 is 0 Å². The molecule has 0 atom stereocenters. The van der Waals surface area contributed by atoms with E-state index in [1.165, 1.54) is 5.56 Å². The van der Waals surface area contributed by atoms with E-state index in [0.29, 0.717) is 0 Å². The van der Waals surface area contributed by atoms with Crippen molar-refractivity contribution in [1.29, 1.82) is 0 Å². The minimum Gasteiger partial charge on any atom is -0.358 e. The van der Waals surface area contributed by atoms with Crippen LogP contribution in [0.1, 0.15) is 5.56 Å². The van der Waals surface area contributed by atoms with Crippen molar-refractivity contribution in [2.24, 2.45) is 0 Å². The van der Waals surface area contributed by atoms with Crippen LogP contribution in [-0.4, -0.2) is 37.7 Å². The van der Waals surface area contributed by atoms with Crippen LogP contribution in [-0.2, 0) is 0 Å². The van der Waals surface area contributed by atoms with Crippen molar-refractivity contribution in [3.8, 4) is 0 Å². The van der Waals surface area contributed by atoms with Gasteiger partial charge in [0.15, 0.2) is 0 Å². The summed E-state index contributed by atoms with van der Waals surface area (Å²) in [5.41, 5.74) is 1.20. The number of hydrogen-bond acceptors (Lipinski definition) is 0. The predicted octanol–water partition coefficient (Wildman–Crippen LogP) is 3.35. The molecule has 0 saturated carbocycles. The van der Waals surface area contributed by atoms with Gasteiger partial charge in [0.2, 0.25) is 0 Å². The molecule has 0 saturated heterocycles. The third-order valence-electron chi connectivity index (χ3n) is 1.47. The summed E-state index contributed by atoms with van der Waals surface area (Å²) in [6.45, 7) is 2.03. The van der Waals surface area contributed by atoms with E-state index in [1.807, 2.05) is 61.5 Å². The molecular formula is C14H15Ca-. The minimum atomic E-state index is 0. The molecule has 0 bridgehead atoms. The molecule has 0 fully saturated rings. The molecule has 0 radical (unpaired) electrons. The van der Waals surface area contributed by atoms with Crippen molar-refractivity contribution in [2.45, 2.75) is 6.92 Å². The first-order valence-corrected chi connectivity index (χ1v) is 4.24. The Morgan fingerprint density at radius 1 is 0.867 bits per heavy atom. The van der Waals surface area contributed by atoms with Crippen molar-refractivity contribution >= 4 is 37.7 Å². The first-order valence-electron chi connectivity index (χ1n) is 4.24. The molecule has 0 aromatic heterocycles. The number of aryl methyl sites for hydroxylation is 1. The van der Waals surface area contributed by atoms with Crippen molar-refractivity contribution in [1.82, 2.24) is 0 Å². The molecule has 2 aromatic rings. The maximum absolute atomic E-state index is 3.03. The summed E-state index contributed by atoms with van der Waals surface area (Å²) in [5.74, 6) is 0. The Morgan fingerprint density at radius 2 is 1.47 bits per heavy atom. The first kappa shape index (κ1) is 17.1. The Morgan fingerprint density at radius 3 is 1.67 bits per heavy atom. The smallest absolute Gasteiger partial charge is 0.358 e. The monoisotopic (exact) mass is 223 g/mol. The third kappa shape index (κ3) is 9.99. The Kier molecular flexibility index (Phi) is 13.4. The van der Waals surface area contributed by atoms with E-state index < -0.39 is 0 Å². The summed E-state index contributed by atoms with van der Waals surface area (Å²) >= 11 is 0. The summed E-state index contributed by atoms with van der Waals surface area (Å²) < 4.78 is 0. The third-order valence-corrected chi connectivity index (χ3v) is 1.47. The molecule has 0 aliphatic heterocycles. The molecule has 0 unspecified atom stereocenters. The van der Waals surface area contributed by atoms with Gasteiger partial charge in [0.1, 0.15) is 0 Å². The van der Waals surface area contributed by atoms with Gasteiger partial charge in [-0.05, 0) is 0 Å². The van der Waals surface area contributed by atoms with E-state index in [-0.39, 0.29) is 45.2 Å². The Labute approximate surface area is 123 Å². The Bertz CT molecular complexity index is 276. The quantitative estimate of drug-likeness (QED) is 0.474. The fourth-order valence-corrected chi connectivity index (χ4v) is 0.825. The summed E-state index contributed by atoms with van der Waals surface area (Å²) in [4.78, 5) is 0. The minimum absolute atomic E-state index is 0. The van der Waals surface area contributed by atoms with Gasteiger partial charge in [-0.2, -0.15) is 72.3 Å². The van der Waals surface area contributed by atoms with Crippen LogP contribution in [0, 0.1) is 26.5 Å². The zero-order chi connectivity index (χ0) is 9.36. The SMILES string of the molecule is Cc1[c-]cccc1.[CH3-].[Ca+2].[c-]1ccccc1. The van der Waals surface area contributed by atoms with Crippen LogP contribution < -0.4 is 0 Å². The van der Waals surface area contributed by atoms with Gasteiger partial charge in [0, 0.05) is 0 Å². The standard InChI is InChI=1S/C7H7.C6H5.CH3.Ca/c1-7-5-3-2-4-6-7;1-2-4-6-5-3-1;;/h2-5H,1H3;1-5H;1H3;/q3*-1;+2. The van der Waals surface area contributed by atoms with Gasteiger partial charge in [-0.1, -0.05) is 6.92 Å². The van der Waals surface area contributed by atoms with E-state index in [2.05, 4.69) is 12.1 Å². The molecule has 74 valence electrons. The molecule has 15 heavy (non-hydrogen) atoms. The number of hydrogen-bond donors (Lipinski definition) is 0. The van der Waals surface area contributed by atoms with Gasteiger partial charge in [-0.15, -0.1) is 0 Å². The average molecular weight is 223 g/mol. The van der Waals surface area contributed by atoms with Gasteiger partial charge in [0.25, 0.3) is 0 Å². The molecule has 0 amide bonds. The predicted molar refractivity (Wildman–Crippen MR) is 67.5 cm³/mol. The second-order valence-corrected chi connectivity index (χ2v) is 2.62. The molecular weight excluding hydrogens is 208 g/mol. The van der Waals surface area contributed by atoms with Gasteiger partial charge < -0.3 is 7.43 Å². The summed E-state index contributed by atoms with van der Waals surface area (Å²) in [7, 11) is 0. The van der Waals surface area contributed by atoms with Crippen LogP contribution in [0.15, 0.2) is 54.6 Å². The topological polar surface area (TPSA) is 0 Å². The van der Waals surface area contributed by atoms with Crippen LogP contribution in [0.4, 0.5) is 0 Å². The van der Waals surface area contributed by atoms with E-state index in [1.54, 1.807) is 0 Å². The molecule has 1 heteroatoms. The maximum atomic E-state index is 3.03. The van der Waals surface area contributed by atoms with Crippen LogP contribution in [0.2, 0.25) is 0 Å². The second-order valence-electron chi connectivity index (χ2n) is 2.62. The zero-order valence-corrected chi connectivity index (χ0v) is 11.6. The summed E-state index contributed by atoms with van der Waals surface area (Å²) in [5, 5.41) is 0. The first-order chi connectivity index (χ1) is 6.39. The van der Waals surface area contributed by atoms with E-state index >= 15 is 0 Å². The molecule has 0 nitrogen and oxygen atoms in total. The van der Waals surface area contributed by atoms with Crippen LogP contribution in [0.5, 0.6) is 0 Å². The zero-order valence-electron chi connectivity index (χ0n) is 9.40. The van der Waals surface area contributed by atoms with Crippen molar-refractivity contribution in [3.63, 3.8) is 0 Å². The molecule has 2 rings (SSSR count).